The van der Waals surface area contributed by atoms with Crippen LogP contribution in [0, 0.1) is 11.3 Å². The number of nitrogens with one attached hydrogen (secondary N) is 1. The molecule has 0 spiro atoms. The van der Waals surface area contributed by atoms with Gasteiger partial charge in [-0.3, -0.25) is 0 Å². The van der Waals surface area contributed by atoms with Crippen molar-refractivity contribution < 1.29 is 4.74 Å². The van der Waals surface area contributed by atoms with Gasteiger partial charge in [-0.25, -0.2) is 0 Å². The van der Waals surface area contributed by atoms with Crippen LogP contribution in [0.2, 0.25) is 0 Å². The first-order valence-electron chi connectivity index (χ1n) is 12.3. The van der Waals surface area contributed by atoms with Gasteiger partial charge in [0.1, 0.15) is 5.82 Å². The number of nitriles is 1. The number of piperazine rings is 1. The SMILES string of the molecule is COc1nc2c(c(N3CC4CCC(C3)N4)n1)CCN(c1cccc3cccc(CCC#N)c13)C2. The molecular weight excluding hydrogens is 424 g/mol. The van der Waals surface area contributed by atoms with Crippen molar-refractivity contribution in [1.82, 2.24) is 15.3 Å². The molecule has 0 amide bonds. The van der Waals surface area contributed by atoms with Crippen LogP contribution in [0.4, 0.5) is 11.5 Å². The number of fused-ring (bicyclic) bond motifs is 4. The minimum atomic E-state index is 0.453. The molecule has 7 heteroatoms. The molecule has 3 aliphatic rings. The Morgan fingerprint density at radius 2 is 1.88 bits per heavy atom. The molecule has 1 N–H and O–H groups in total. The van der Waals surface area contributed by atoms with Gasteiger partial charge in [-0.05, 0) is 42.7 Å². The standard InChI is InChI=1S/C27H30N6O/c1-34-27-30-23-17-32(24-9-3-7-18-5-2-6-19(25(18)24)8-4-13-28)14-12-22(23)26(31-27)33-15-20-10-11-21(16-33)29-20/h2-3,5-7,9,20-21,29H,4,8,10-12,14-17H2,1H3. The van der Waals surface area contributed by atoms with Crippen molar-refractivity contribution in [1.29, 1.82) is 5.26 Å². The van der Waals surface area contributed by atoms with Crippen LogP contribution in [0.15, 0.2) is 36.4 Å². The van der Waals surface area contributed by atoms with Gasteiger partial charge in [0.25, 0.3) is 0 Å². The first-order chi connectivity index (χ1) is 16.7. The molecule has 0 saturated carbocycles. The van der Waals surface area contributed by atoms with Crippen LogP contribution in [0.25, 0.3) is 10.8 Å². The van der Waals surface area contributed by atoms with Crippen LogP contribution in [0.3, 0.4) is 0 Å². The van der Waals surface area contributed by atoms with E-state index in [1.165, 1.54) is 40.4 Å². The number of anilines is 2. The average molecular weight is 455 g/mol. The topological polar surface area (TPSA) is 77.3 Å². The van der Waals surface area contributed by atoms with E-state index in [0.717, 1.165) is 50.5 Å². The molecule has 2 fully saturated rings. The molecular formula is C27H30N6O. The van der Waals surface area contributed by atoms with Crippen LogP contribution in [0.1, 0.15) is 36.1 Å². The maximum atomic E-state index is 9.15. The smallest absolute Gasteiger partial charge is 0.318 e. The Hall–Kier alpha value is -3.37. The number of hydrogen-bond donors (Lipinski definition) is 1. The third-order valence-corrected chi connectivity index (χ3v) is 7.54. The van der Waals surface area contributed by atoms with Gasteiger partial charge in [0.2, 0.25) is 0 Å². The highest BCUT2D eigenvalue weighted by Crippen LogP contribution is 2.36. The Bertz CT molecular complexity index is 1250. The molecule has 3 aliphatic heterocycles. The molecule has 3 aromatic rings. The normalized spacial score (nSPS) is 21.4. The second kappa shape index (κ2) is 8.77. The number of rotatable bonds is 5. The van der Waals surface area contributed by atoms with Crippen LogP contribution >= 0.6 is 0 Å². The lowest BCUT2D eigenvalue weighted by molar-refractivity contribution is 0.374. The van der Waals surface area contributed by atoms with E-state index in [1.54, 1.807) is 7.11 Å². The number of methoxy groups -OCH3 is 1. The van der Waals surface area contributed by atoms with Crippen molar-refractivity contribution in [3.8, 4) is 12.1 Å². The number of benzene rings is 2. The Kier molecular flexibility index (Phi) is 5.46. The molecule has 1 aromatic heterocycles. The number of aromatic nitrogens is 2. The van der Waals surface area contributed by atoms with Crippen LogP contribution in [-0.4, -0.2) is 48.8 Å². The molecule has 34 heavy (non-hydrogen) atoms. The largest absolute Gasteiger partial charge is 0.467 e. The summed E-state index contributed by atoms with van der Waals surface area (Å²) < 4.78 is 5.54. The second-order valence-electron chi connectivity index (χ2n) is 9.62. The molecule has 174 valence electrons. The Labute approximate surface area is 200 Å². The van der Waals surface area contributed by atoms with Crippen molar-refractivity contribution >= 4 is 22.3 Å². The predicted octanol–water partition coefficient (Wildman–Crippen LogP) is 3.60. The Morgan fingerprint density at radius 1 is 1.09 bits per heavy atom. The third-order valence-electron chi connectivity index (χ3n) is 7.54. The average Bonchev–Trinajstić information content (AvgIpc) is 3.23. The lowest BCUT2D eigenvalue weighted by Gasteiger charge is -2.37. The van der Waals surface area contributed by atoms with Crippen LogP contribution in [0.5, 0.6) is 6.01 Å². The highest BCUT2D eigenvalue weighted by atomic mass is 16.5. The monoisotopic (exact) mass is 454 g/mol. The molecule has 2 aromatic carbocycles. The van der Waals surface area contributed by atoms with E-state index in [9.17, 15) is 0 Å². The van der Waals surface area contributed by atoms with E-state index in [1.807, 2.05) is 0 Å². The van der Waals surface area contributed by atoms with Crippen molar-refractivity contribution in [2.75, 3.05) is 36.5 Å². The quantitative estimate of drug-likeness (QED) is 0.631. The number of ether oxygens (including phenoxy) is 1. The Morgan fingerprint density at radius 3 is 2.65 bits per heavy atom. The van der Waals surface area contributed by atoms with Crippen molar-refractivity contribution in [3.05, 3.63) is 53.2 Å². The van der Waals surface area contributed by atoms with E-state index in [0.29, 0.717) is 24.5 Å². The molecule has 4 heterocycles. The van der Waals surface area contributed by atoms with E-state index in [4.69, 9.17) is 20.0 Å². The van der Waals surface area contributed by atoms with Crippen molar-refractivity contribution in [3.63, 3.8) is 0 Å². The summed E-state index contributed by atoms with van der Waals surface area (Å²) in [5.74, 6) is 1.06. The van der Waals surface area contributed by atoms with Gasteiger partial charge in [0.15, 0.2) is 0 Å². The predicted molar refractivity (Wildman–Crippen MR) is 133 cm³/mol. The molecule has 2 bridgehead atoms. The molecule has 2 atom stereocenters. The number of nitrogens with zero attached hydrogens (tertiary/aromatic N) is 5. The molecule has 6 rings (SSSR count). The van der Waals surface area contributed by atoms with Crippen molar-refractivity contribution in [2.45, 2.75) is 50.7 Å². The zero-order valence-corrected chi connectivity index (χ0v) is 19.6. The highest BCUT2D eigenvalue weighted by molar-refractivity contribution is 5.97. The highest BCUT2D eigenvalue weighted by Gasteiger charge is 2.35. The molecule has 2 saturated heterocycles. The van der Waals surface area contributed by atoms with Crippen LogP contribution in [-0.2, 0) is 19.4 Å². The zero-order valence-electron chi connectivity index (χ0n) is 19.6. The van der Waals surface area contributed by atoms with E-state index in [-0.39, 0.29) is 0 Å². The third kappa shape index (κ3) is 3.72. The van der Waals surface area contributed by atoms with Gasteiger partial charge in [-0.1, -0.05) is 30.3 Å². The van der Waals surface area contributed by atoms with E-state index >= 15 is 0 Å². The second-order valence-corrected chi connectivity index (χ2v) is 9.62. The molecule has 7 nitrogen and oxygen atoms in total. The fraction of sp³-hybridized carbons (Fsp3) is 0.444. The molecule has 2 unspecified atom stereocenters. The summed E-state index contributed by atoms with van der Waals surface area (Å²) in [7, 11) is 1.65. The van der Waals surface area contributed by atoms with Gasteiger partial charge < -0.3 is 19.9 Å². The van der Waals surface area contributed by atoms with Crippen LogP contribution < -0.4 is 19.9 Å². The van der Waals surface area contributed by atoms with Crippen molar-refractivity contribution in [2.24, 2.45) is 0 Å². The summed E-state index contributed by atoms with van der Waals surface area (Å²) in [6.07, 6.45) is 4.69. The van der Waals surface area contributed by atoms with Gasteiger partial charge in [0, 0.05) is 54.8 Å². The fourth-order valence-corrected chi connectivity index (χ4v) is 5.98. The summed E-state index contributed by atoms with van der Waals surface area (Å²) in [5.41, 5.74) is 4.78. The zero-order chi connectivity index (χ0) is 23.1. The lowest BCUT2D eigenvalue weighted by Crippen LogP contribution is -2.52. The maximum absolute atomic E-state index is 9.15. The number of aryl methyl sites for hydroxylation is 1. The summed E-state index contributed by atoms with van der Waals surface area (Å²) in [6, 6.07) is 16.8. The van der Waals surface area contributed by atoms with Gasteiger partial charge in [0.05, 0.1) is 25.4 Å². The fourth-order valence-electron chi connectivity index (χ4n) is 5.98. The van der Waals surface area contributed by atoms with E-state index < -0.39 is 0 Å². The molecule has 0 radical (unpaired) electrons. The lowest BCUT2D eigenvalue weighted by atomic mass is 9.97. The van der Waals surface area contributed by atoms with Gasteiger partial charge in [-0.2, -0.15) is 15.2 Å². The Balaban J connectivity index is 1.37. The van der Waals surface area contributed by atoms with Gasteiger partial charge >= 0.3 is 6.01 Å². The minimum absolute atomic E-state index is 0.453. The van der Waals surface area contributed by atoms with E-state index in [2.05, 4.69) is 57.6 Å². The van der Waals surface area contributed by atoms with Gasteiger partial charge in [-0.15, -0.1) is 0 Å². The minimum Gasteiger partial charge on any atom is -0.467 e. The first-order valence-corrected chi connectivity index (χ1v) is 12.3. The summed E-state index contributed by atoms with van der Waals surface area (Å²) in [5, 5.41) is 15.3. The summed E-state index contributed by atoms with van der Waals surface area (Å²) in [6.45, 7) is 3.64. The first kappa shape index (κ1) is 21.2. The maximum Gasteiger partial charge on any atom is 0.318 e. The summed E-state index contributed by atoms with van der Waals surface area (Å²) >= 11 is 0. The number of hydrogen-bond acceptors (Lipinski definition) is 7. The summed E-state index contributed by atoms with van der Waals surface area (Å²) in [4.78, 5) is 14.5. The molecule has 0 aliphatic carbocycles.